The molecule has 0 radical (unpaired) electrons. The number of ether oxygens (including phenoxy) is 1. The first-order chi connectivity index (χ1) is 16.0. The number of aliphatic hydroxyl groups excluding tert-OH is 1. The zero-order valence-corrected chi connectivity index (χ0v) is 19.8. The summed E-state index contributed by atoms with van der Waals surface area (Å²) >= 11 is 0. The molecule has 1 aromatic carbocycles. The summed E-state index contributed by atoms with van der Waals surface area (Å²) in [4.78, 5) is 18.5. The Hall–Kier alpha value is -2.18. The third kappa shape index (κ3) is 6.24. The number of aromatic nitrogens is 1. The maximum absolute atomic E-state index is 11.6. The van der Waals surface area contributed by atoms with E-state index in [4.69, 9.17) is 4.74 Å². The first kappa shape index (κ1) is 24.0. The van der Waals surface area contributed by atoms with Crippen molar-refractivity contribution in [3.63, 3.8) is 0 Å². The molecule has 1 saturated heterocycles. The normalized spacial score (nSPS) is 23.1. The molecule has 2 heterocycles. The summed E-state index contributed by atoms with van der Waals surface area (Å²) in [7, 11) is 1.64. The Balaban J connectivity index is 1.37. The highest BCUT2D eigenvalue weighted by Gasteiger charge is 2.31. The van der Waals surface area contributed by atoms with Gasteiger partial charge in [-0.1, -0.05) is 25.7 Å². The van der Waals surface area contributed by atoms with Gasteiger partial charge in [0.25, 0.3) is 0 Å². The number of aliphatic carboxylic acids is 1. The van der Waals surface area contributed by atoms with Crippen LogP contribution in [0.25, 0.3) is 10.9 Å². The molecule has 1 saturated carbocycles. The molecule has 1 aliphatic carbocycles. The quantitative estimate of drug-likeness (QED) is 0.523. The lowest BCUT2D eigenvalue weighted by Gasteiger charge is -2.39. The molecule has 0 spiro atoms. The molecular weight excluding hydrogens is 416 g/mol. The van der Waals surface area contributed by atoms with Crippen molar-refractivity contribution >= 4 is 16.9 Å². The van der Waals surface area contributed by atoms with Crippen molar-refractivity contribution < 1.29 is 19.7 Å². The predicted molar refractivity (Wildman–Crippen MR) is 129 cm³/mol. The molecule has 0 bridgehead atoms. The highest BCUT2D eigenvalue weighted by atomic mass is 16.5. The van der Waals surface area contributed by atoms with Crippen LogP contribution in [0.3, 0.4) is 0 Å². The first-order valence-electron chi connectivity index (χ1n) is 12.6. The largest absolute Gasteiger partial charge is 0.497 e. The van der Waals surface area contributed by atoms with Crippen molar-refractivity contribution in [2.75, 3.05) is 26.7 Å². The van der Waals surface area contributed by atoms with E-state index in [0.717, 1.165) is 60.6 Å². The van der Waals surface area contributed by atoms with Gasteiger partial charge < -0.3 is 19.8 Å². The van der Waals surface area contributed by atoms with E-state index in [1.54, 1.807) is 13.3 Å². The van der Waals surface area contributed by atoms with Gasteiger partial charge in [-0.05, 0) is 86.4 Å². The zero-order valence-electron chi connectivity index (χ0n) is 19.8. The number of nitrogens with zero attached hydrogens (tertiary/aromatic N) is 2. The van der Waals surface area contributed by atoms with Crippen molar-refractivity contribution in [1.82, 2.24) is 9.88 Å². The third-order valence-electron chi connectivity index (χ3n) is 7.89. The second-order valence-electron chi connectivity index (χ2n) is 10.0. The lowest BCUT2D eigenvalue weighted by molar-refractivity contribution is -0.139. The number of piperidine rings is 1. The Kier molecular flexibility index (Phi) is 8.20. The molecule has 6 heteroatoms. The van der Waals surface area contributed by atoms with E-state index >= 15 is 0 Å². The molecular formula is C27H38N2O4. The molecule has 1 unspecified atom stereocenters. The number of methoxy groups -OCH3 is 1. The van der Waals surface area contributed by atoms with Crippen LogP contribution in [0.4, 0.5) is 0 Å². The number of carbonyl (C=O) groups is 1. The van der Waals surface area contributed by atoms with Crippen LogP contribution in [0.15, 0.2) is 30.5 Å². The van der Waals surface area contributed by atoms with E-state index in [-0.39, 0.29) is 12.3 Å². The number of fused-ring (bicyclic) bond motifs is 1. The first-order valence-corrected chi connectivity index (χ1v) is 12.6. The zero-order chi connectivity index (χ0) is 23.2. The summed E-state index contributed by atoms with van der Waals surface area (Å²) in [5.74, 6) is 1.39. The summed E-state index contributed by atoms with van der Waals surface area (Å²) in [6, 6.07) is 7.60. The third-order valence-corrected chi connectivity index (χ3v) is 7.89. The van der Waals surface area contributed by atoms with Gasteiger partial charge in [-0.3, -0.25) is 9.78 Å². The van der Waals surface area contributed by atoms with Gasteiger partial charge in [-0.25, -0.2) is 0 Å². The van der Waals surface area contributed by atoms with Gasteiger partial charge in [0.1, 0.15) is 5.75 Å². The Morgan fingerprint density at radius 2 is 2.00 bits per heavy atom. The van der Waals surface area contributed by atoms with Gasteiger partial charge >= 0.3 is 5.97 Å². The molecule has 1 aromatic heterocycles. The molecule has 2 aromatic rings. The summed E-state index contributed by atoms with van der Waals surface area (Å²) < 4.78 is 5.36. The van der Waals surface area contributed by atoms with Gasteiger partial charge in [0.05, 0.1) is 18.7 Å². The summed E-state index contributed by atoms with van der Waals surface area (Å²) in [6.45, 7) is 3.01. The SMILES string of the molecule is COc1ccc2nccc(C(O)CC[C@@H]3CCN(CCC4CCCC4)C[C@@H]3CC(=O)O)c2c1. The van der Waals surface area contributed by atoms with E-state index in [1.807, 2.05) is 24.3 Å². The highest BCUT2D eigenvalue weighted by molar-refractivity contribution is 5.83. The Morgan fingerprint density at radius 3 is 2.76 bits per heavy atom. The van der Waals surface area contributed by atoms with Crippen molar-refractivity contribution in [1.29, 1.82) is 0 Å². The Labute approximate surface area is 197 Å². The lowest BCUT2D eigenvalue weighted by Crippen LogP contribution is -2.42. The van der Waals surface area contributed by atoms with E-state index < -0.39 is 12.1 Å². The van der Waals surface area contributed by atoms with Crippen LogP contribution in [0, 0.1) is 17.8 Å². The minimum absolute atomic E-state index is 0.154. The van der Waals surface area contributed by atoms with Crippen molar-refractivity contribution in [2.45, 2.75) is 63.9 Å². The second kappa shape index (κ2) is 11.3. The Morgan fingerprint density at radius 1 is 1.18 bits per heavy atom. The lowest BCUT2D eigenvalue weighted by atomic mass is 9.79. The predicted octanol–water partition coefficient (Wildman–Crippen LogP) is 5.05. The number of carboxylic acids is 1. The topological polar surface area (TPSA) is 82.9 Å². The van der Waals surface area contributed by atoms with E-state index in [9.17, 15) is 15.0 Å². The van der Waals surface area contributed by atoms with Crippen molar-refractivity contribution in [3.8, 4) is 5.75 Å². The van der Waals surface area contributed by atoms with Crippen molar-refractivity contribution in [2.24, 2.45) is 17.8 Å². The molecule has 3 atom stereocenters. The summed E-state index contributed by atoms with van der Waals surface area (Å²) in [5, 5.41) is 21.5. The van der Waals surface area contributed by atoms with Crippen LogP contribution in [0.2, 0.25) is 0 Å². The van der Waals surface area contributed by atoms with Gasteiger partial charge in [0.2, 0.25) is 0 Å². The van der Waals surface area contributed by atoms with Crippen molar-refractivity contribution in [3.05, 3.63) is 36.0 Å². The molecule has 33 heavy (non-hydrogen) atoms. The smallest absolute Gasteiger partial charge is 0.303 e. The Bertz CT molecular complexity index is 927. The van der Waals surface area contributed by atoms with Gasteiger partial charge in [0, 0.05) is 24.5 Å². The number of carboxylic acid groups (broad SMARTS) is 1. The number of hydrogen-bond acceptors (Lipinski definition) is 5. The van der Waals surface area contributed by atoms with E-state index in [1.165, 1.54) is 32.1 Å². The molecule has 2 N–H and O–H groups in total. The van der Waals surface area contributed by atoms with Crippen LogP contribution in [-0.4, -0.2) is 52.8 Å². The fraction of sp³-hybridized carbons (Fsp3) is 0.630. The van der Waals surface area contributed by atoms with Crippen LogP contribution in [0.5, 0.6) is 5.75 Å². The molecule has 180 valence electrons. The van der Waals surface area contributed by atoms with Gasteiger partial charge in [0.15, 0.2) is 0 Å². The molecule has 1 aliphatic heterocycles. The molecule has 6 nitrogen and oxygen atoms in total. The van der Waals surface area contributed by atoms with Crippen LogP contribution >= 0.6 is 0 Å². The van der Waals surface area contributed by atoms with Crippen LogP contribution < -0.4 is 4.74 Å². The molecule has 2 fully saturated rings. The number of benzene rings is 1. The summed E-state index contributed by atoms with van der Waals surface area (Å²) in [6.07, 6.45) is 10.6. The molecule has 4 rings (SSSR count). The maximum Gasteiger partial charge on any atom is 0.303 e. The van der Waals surface area contributed by atoms with Crippen LogP contribution in [0.1, 0.15) is 69.5 Å². The average molecular weight is 455 g/mol. The maximum atomic E-state index is 11.6. The van der Waals surface area contributed by atoms with Crippen LogP contribution in [-0.2, 0) is 4.79 Å². The molecule has 2 aliphatic rings. The van der Waals surface area contributed by atoms with Gasteiger partial charge in [-0.2, -0.15) is 0 Å². The van der Waals surface area contributed by atoms with Gasteiger partial charge in [-0.15, -0.1) is 0 Å². The number of aliphatic hydroxyl groups is 1. The average Bonchev–Trinajstić information content (AvgIpc) is 3.34. The standard InChI is InChI=1S/C27H38N2O4/c1-33-22-7-8-25-24(17-22)23(10-13-28-25)26(30)9-6-20-12-15-29(18-21(20)16-27(31)32)14-11-19-4-2-3-5-19/h7-8,10,13,17,19-21,26,30H,2-6,9,11-12,14-16,18H2,1H3,(H,31,32)/t20-,21+,26?/m1/s1. The number of likely N-dealkylation sites (tertiary alicyclic amines) is 1. The van der Waals surface area contributed by atoms with E-state index in [2.05, 4.69) is 9.88 Å². The summed E-state index contributed by atoms with van der Waals surface area (Å²) in [5.41, 5.74) is 1.70. The molecule has 0 amide bonds. The van der Waals surface area contributed by atoms with E-state index in [0.29, 0.717) is 12.3 Å². The fourth-order valence-electron chi connectivity index (χ4n) is 5.95. The second-order valence-corrected chi connectivity index (χ2v) is 10.0. The highest BCUT2D eigenvalue weighted by Crippen LogP contribution is 2.35. The number of pyridine rings is 1. The minimum Gasteiger partial charge on any atom is -0.497 e. The minimum atomic E-state index is -0.713. The number of rotatable bonds is 10. The fourth-order valence-corrected chi connectivity index (χ4v) is 5.95. The number of hydrogen-bond donors (Lipinski definition) is 2. The monoisotopic (exact) mass is 454 g/mol.